The zero-order chi connectivity index (χ0) is 30.3. The maximum Gasteiger partial charge on any atom is 0.417 e. The van der Waals surface area contributed by atoms with E-state index in [1.807, 2.05) is 13.8 Å². The van der Waals surface area contributed by atoms with Crippen LogP contribution in [0, 0.1) is 23.0 Å². The van der Waals surface area contributed by atoms with Crippen LogP contribution in [0.25, 0.3) is 22.6 Å². The summed E-state index contributed by atoms with van der Waals surface area (Å²) in [6.07, 6.45) is -3.89. The Labute approximate surface area is 232 Å². The second-order valence-electron chi connectivity index (χ2n) is 9.60. The smallest absolute Gasteiger partial charge is 0.417 e. The SMILES string of the molecule is CCS(=O)(=O)c1cc(-c2coc(-c3cc(C(F)(F)F)c(C#N)c(=O)n3Cc3ccc(F)cc3F)c2)cc(C(C)C)c1. The fourth-order valence-electron chi connectivity index (χ4n) is 4.25. The molecule has 0 aliphatic rings. The van der Waals surface area contributed by atoms with Crippen molar-refractivity contribution in [2.75, 3.05) is 5.75 Å². The van der Waals surface area contributed by atoms with Gasteiger partial charge in [0, 0.05) is 17.2 Å². The minimum atomic E-state index is -5.08. The summed E-state index contributed by atoms with van der Waals surface area (Å²) in [5.74, 6) is -2.38. The summed E-state index contributed by atoms with van der Waals surface area (Å²) in [5, 5.41) is 9.38. The molecule has 0 atom stereocenters. The molecule has 0 radical (unpaired) electrons. The predicted octanol–water partition coefficient (Wildman–Crippen LogP) is 6.91. The third-order valence-electron chi connectivity index (χ3n) is 6.58. The molecule has 0 spiro atoms. The molecule has 214 valence electrons. The predicted molar refractivity (Wildman–Crippen MR) is 141 cm³/mol. The second kappa shape index (κ2) is 11.0. The first kappa shape index (κ1) is 29.7. The Hall–Kier alpha value is -4.24. The summed E-state index contributed by atoms with van der Waals surface area (Å²) in [6, 6.07) is 10.4. The maximum atomic E-state index is 14.5. The number of nitriles is 1. The summed E-state index contributed by atoms with van der Waals surface area (Å²) in [5.41, 5.74) is -3.29. The van der Waals surface area contributed by atoms with E-state index in [9.17, 15) is 40.4 Å². The summed E-state index contributed by atoms with van der Waals surface area (Å²) < 4.78 is 101. The van der Waals surface area contributed by atoms with Crippen molar-refractivity contribution >= 4 is 9.84 Å². The highest BCUT2D eigenvalue weighted by Crippen LogP contribution is 2.36. The van der Waals surface area contributed by atoms with E-state index in [2.05, 4.69) is 0 Å². The number of alkyl halides is 3. The second-order valence-corrected chi connectivity index (χ2v) is 11.9. The van der Waals surface area contributed by atoms with Gasteiger partial charge < -0.3 is 4.42 Å². The molecule has 0 saturated carbocycles. The van der Waals surface area contributed by atoms with E-state index in [1.54, 1.807) is 12.1 Å². The Morgan fingerprint density at radius 3 is 2.32 bits per heavy atom. The van der Waals surface area contributed by atoms with Gasteiger partial charge >= 0.3 is 6.18 Å². The summed E-state index contributed by atoms with van der Waals surface area (Å²) in [4.78, 5) is 13.2. The van der Waals surface area contributed by atoms with E-state index < -0.39 is 56.6 Å². The van der Waals surface area contributed by atoms with Crippen molar-refractivity contribution in [3.63, 3.8) is 0 Å². The maximum absolute atomic E-state index is 14.5. The van der Waals surface area contributed by atoms with Crippen LogP contribution in [0.3, 0.4) is 0 Å². The lowest BCUT2D eigenvalue weighted by Gasteiger charge is -2.16. The standard InChI is InChI=1S/C29H23F5N2O4S/c1-4-41(38,39)22-8-18(16(2)3)7-19(9-22)20-10-27(40-15-20)26-12-24(29(32,33)34)23(13-35)28(37)36(26)14-17-5-6-21(30)11-25(17)31/h5-12,15-16H,4,14H2,1-3H3. The topological polar surface area (TPSA) is 93.1 Å². The average molecular weight is 591 g/mol. The molecule has 0 fully saturated rings. The highest BCUT2D eigenvalue weighted by Gasteiger charge is 2.37. The van der Waals surface area contributed by atoms with Gasteiger partial charge in [0.05, 0.1) is 34.7 Å². The van der Waals surface area contributed by atoms with Gasteiger partial charge in [-0.15, -0.1) is 0 Å². The van der Waals surface area contributed by atoms with E-state index in [-0.39, 0.29) is 27.9 Å². The molecular formula is C29H23F5N2O4S. The van der Waals surface area contributed by atoms with Gasteiger partial charge in [-0.25, -0.2) is 17.2 Å². The first-order valence-electron chi connectivity index (χ1n) is 12.3. The van der Waals surface area contributed by atoms with Crippen LogP contribution in [0.1, 0.15) is 48.9 Å². The van der Waals surface area contributed by atoms with Crippen molar-refractivity contribution in [1.82, 2.24) is 4.57 Å². The van der Waals surface area contributed by atoms with E-state index in [0.717, 1.165) is 16.7 Å². The molecule has 2 heterocycles. The molecule has 4 rings (SSSR count). The van der Waals surface area contributed by atoms with Gasteiger partial charge in [0.25, 0.3) is 5.56 Å². The number of hydrogen-bond donors (Lipinski definition) is 0. The average Bonchev–Trinajstić information content (AvgIpc) is 3.40. The lowest BCUT2D eigenvalue weighted by atomic mass is 9.98. The number of halogens is 5. The van der Waals surface area contributed by atoms with Crippen LogP contribution >= 0.6 is 0 Å². The molecule has 0 aliphatic heterocycles. The number of benzene rings is 2. The van der Waals surface area contributed by atoms with Gasteiger partial charge in [0.1, 0.15) is 23.3 Å². The van der Waals surface area contributed by atoms with Gasteiger partial charge in [-0.3, -0.25) is 9.36 Å². The fraction of sp³-hybridized carbons (Fsp3) is 0.241. The normalized spacial score (nSPS) is 12.1. The molecule has 41 heavy (non-hydrogen) atoms. The highest BCUT2D eigenvalue weighted by molar-refractivity contribution is 7.91. The molecule has 0 bridgehead atoms. The highest BCUT2D eigenvalue weighted by atomic mass is 32.2. The van der Waals surface area contributed by atoms with Gasteiger partial charge in [0.2, 0.25) is 0 Å². The van der Waals surface area contributed by atoms with Crippen molar-refractivity contribution < 1.29 is 34.8 Å². The molecule has 2 aromatic heterocycles. The van der Waals surface area contributed by atoms with Crippen LogP contribution in [0.15, 0.2) is 68.9 Å². The number of aromatic nitrogens is 1. The first-order valence-corrected chi connectivity index (χ1v) is 14.0. The molecule has 0 aliphatic carbocycles. The zero-order valence-electron chi connectivity index (χ0n) is 22.0. The van der Waals surface area contributed by atoms with Crippen LogP contribution in [0.4, 0.5) is 22.0 Å². The van der Waals surface area contributed by atoms with Gasteiger partial charge in [0.15, 0.2) is 15.6 Å². The van der Waals surface area contributed by atoms with Crippen molar-refractivity contribution in [3.05, 3.63) is 99.0 Å². The quantitative estimate of drug-likeness (QED) is 0.218. The lowest BCUT2D eigenvalue weighted by Crippen LogP contribution is -2.29. The summed E-state index contributed by atoms with van der Waals surface area (Å²) in [6.45, 7) is 4.60. The van der Waals surface area contributed by atoms with E-state index in [1.165, 1.54) is 31.4 Å². The van der Waals surface area contributed by atoms with Crippen LogP contribution < -0.4 is 5.56 Å². The molecule has 6 nitrogen and oxygen atoms in total. The molecule has 0 unspecified atom stereocenters. The van der Waals surface area contributed by atoms with Gasteiger partial charge in [-0.1, -0.05) is 32.9 Å². The first-order chi connectivity index (χ1) is 19.2. The Balaban J connectivity index is 1.95. The molecule has 0 amide bonds. The van der Waals surface area contributed by atoms with Gasteiger partial charge in [-0.05, 0) is 47.4 Å². The van der Waals surface area contributed by atoms with E-state index in [4.69, 9.17) is 4.42 Å². The molecule has 0 N–H and O–H groups in total. The minimum Gasteiger partial charge on any atom is -0.462 e. The summed E-state index contributed by atoms with van der Waals surface area (Å²) >= 11 is 0. The van der Waals surface area contributed by atoms with Gasteiger partial charge in [-0.2, -0.15) is 18.4 Å². The van der Waals surface area contributed by atoms with E-state index >= 15 is 0 Å². The molecule has 4 aromatic rings. The van der Waals surface area contributed by atoms with Crippen molar-refractivity contribution in [2.24, 2.45) is 0 Å². The zero-order valence-corrected chi connectivity index (χ0v) is 22.8. The molecule has 12 heteroatoms. The monoisotopic (exact) mass is 590 g/mol. The minimum absolute atomic E-state index is 0.0595. The number of sulfone groups is 1. The largest absolute Gasteiger partial charge is 0.462 e. The Bertz CT molecular complexity index is 1850. The van der Waals surface area contributed by atoms with Crippen LogP contribution in [-0.4, -0.2) is 18.7 Å². The lowest BCUT2D eigenvalue weighted by molar-refractivity contribution is -0.137. The number of nitrogens with zero attached hydrogens (tertiary/aromatic N) is 2. The van der Waals surface area contributed by atoms with Crippen molar-refractivity contribution in [3.8, 4) is 28.7 Å². The number of hydrogen-bond acceptors (Lipinski definition) is 5. The Kier molecular flexibility index (Phi) is 7.96. The third kappa shape index (κ3) is 5.95. The van der Waals surface area contributed by atoms with Crippen LogP contribution in [-0.2, 0) is 22.6 Å². The summed E-state index contributed by atoms with van der Waals surface area (Å²) in [7, 11) is -3.61. The molecule has 0 saturated heterocycles. The van der Waals surface area contributed by atoms with Crippen molar-refractivity contribution in [2.45, 2.75) is 44.3 Å². The molecular weight excluding hydrogens is 567 g/mol. The molecule has 2 aromatic carbocycles. The van der Waals surface area contributed by atoms with Crippen LogP contribution in [0.5, 0.6) is 0 Å². The number of rotatable bonds is 7. The fourth-order valence-corrected chi connectivity index (χ4v) is 5.21. The Morgan fingerprint density at radius 2 is 1.73 bits per heavy atom. The van der Waals surface area contributed by atoms with Crippen LogP contribution in [0.2, 0.25) is 0 Å². The third-order valence-corrected chi connectivity index (χ3v) is 8.29. The number of pyridine rings is 1. The van der Waals surface area contributed by atoms with E-state index in [0.29, 0.717) is 28.8 Å². The van der Waals surface area contributed by atoms with Crippen molar-refractivity contribution in [1.29, 1.82) is 5.26 Å². The Morgan fingerprint density at radius 1 is 1.02 bits per heavy atom. The number of furan rings is 1.